The van der Waals surface area contributed by atoms with Gasteiger partial charge in [0.2, 0.25) is 17.7 Å². The van der Waals surface area contributed by atoms with Crippen molar-refractivity contribution < 1.29 is 24.3 Å². The van der Waals surface area contributed by atoms with E-state index in [1.54, 1.807) is 6.20 Å². The fourth-order valence-electron chi connectivity index (χ4n) is 2.61. The molecule has 174 valence electrons. The van der Waals surface area contributed by atoms with Gasteiger partial charge in [-0.3, -0.25) is 19.2 Å². The third-order valence-corrected chi connectivity index (χ3v) is 4.82. The molecule has 1 aromatic rings. The molecule has 0 aliphatic heterocycles. The number of nitrogens with two attached hydrogens (primary N) is 2. The number of nitrogens with one attached hydrogen (secondary N) is 4. The Morgan fingerprint density at radius 2 is 1.77 bits per heavy atom. The lowest BCUT2D eigenvalue weighted by molar-refractivity contribution is -0.141. The number of amides is 3. The SMILES string of the molecule is CC(NC(=O)C(CCCCN)NC(=O)C(CS)NC(=O)C(N)Cc1cnc[nH]1)C(=O)O. The lowest BCUT2D eigenvalue weighted by Gasteiger charge is -2.24. The highest BCUT2D eigenvalue weighted by molar-refractivity contribution is 7.80. The summed E-state index contributed by atoms with van der Waals surface area (Å²) in [5.41, 5.74) is 12.0. The van der Waals surface area contributed by atoms with E-state index in [-0.39, 0.29) is 18.6 Å². The van der Waals surface area contributed by atoms with Gasteiger partial charge in [0.25, 0.3) is 0 Å². The van der Waals surface area contributed by atoms with E-state index in [0.717, 1.165) is 0 Å². The number of aromatic amines is 1. The molecule has 1 rings (SSSR count). The van der Waals surface area contributed by atoms with Gasteiger partial charge in [-0.2, -0.15) is 12.6 Å². The average Bonchev–Trinajstić information content (AvgIpc) is 3.23. The van der Waals surface area contributed by atoms with Crippen molar-refractivity contribution in [2.75, 3.05) is 12.3 Å². The molecular formula is C18H31N7O5S. The van der Waals surface area contributed by atoms with Crippen molar-refractivity contribution in [2.45, 2.75) is 56.8 Å². The summed E-state index contributed by atoms with van der Waals surface area (Å²) in [6.45, 7) is 1.73. The standard InChI is InChI=1S/C18H31N7O5S/c1-10(18(29)30)23-16(27)13(4-2-3-5-19)24-17(28)14(8-31)25-15(26)12(20)6-11-7-21-9-22-11/h7,9-10,12-14,31H,2-6,8,19-20H2,1H3,(H,21,22)(H,23,27)(H,24,28)(H,25,26)(H,29,30). The summed E-state index contributed by atoms with van der Waals surface area (Å²) in [5, 5.41) is 16.4. The van der Waals surface area contributed by atoms with Crippen LogP contribution >= 0.6 is 12.6 Å². The number of carbonyl (C=O) groups is 4. The quantitative estimate of drug-likeness (QED) is 0.114. The van der Waals surface area contributed by atoms with Crippen LogP contribution in [0.2, 0.25) is 0 Å². The van der Waals surface area contributed by atoms with Crippen LogP contribution in [0, 0.1) is 0 Å². The number of rotatable bonds is 14. The highest BCUT2D eigenvalue weighted by Crippen LogP contribution is 2.04. The lowest BCUT2D eigenvalue weighted by Crippen LogP contribution is -2.57. The molecule has 0 bridgehead atoms. The topological polar surface area (TPSA) is 205 Å². The second kappa shape index (κ2) is 13.6. The first-order valence-electron chi connectivity index (χ1n) is 9.87. The first-order chi connectivity index (χ1) is 14.7. The molecule has 13 heteroatoms. The third kappa shape index (κ3) is 9.36. The molecule has 0 saturated heterocycles. The van der Waals surface area contributed by atoms with Crippen molar-refractivity contribution in [2.24, 2.45) is 11.5 Å². The van der Waals surface area contributed by atoms with Crippen LogP contribution in [0.5, 0.6) is 0 Å². The Bertz CT molecular complexity index is 731. The summed E-state index contributed by atoms with van der Waals surface area (Å²) in [6.07, 6.45) is 4.63. The van der Waals surface area contributed by atoms with E-state index in [0.29, 0.717) is 25.1 Å². The van der Waals surface area contributed by atoms with Gasteiger partial charge in [-0.05, 0) is 32.7 Å². The number of aromatic nitrogens is 2. The van der Waals surface area contributed by atoms with Gasteiger partial charge in [-0.25, -0.2) is 4.98 Å². The van der Waals surface area contributed by atoms with Crippen molar-refractivity contribution in [1.29, 1.82) is 0 Å². The van der Waals surface area contributed by atoms with Crippen molar-refractivity contribution in [3.05, 3.63) is 18.2 Å². The zero-order valence-electron chi connectivity index (χ0n) is 17.3. The van der Waals surface area contributed by atoms with Gasteiger partial charge in [0, 0.05) is 24.1 Å². The second-order valence-corrected chi connectivity index (χ2v) is 7.41. The maximum Gasteiger partial charge on any atom is 0.325 e. The smallest absolute Gasteiger partial charge is 0.325 e. The third-order valence-electron chi connectivity index (χ3n) is 4.46. The van der Waals surface area contributed by atoms with Gasteiger partial charge in [0.15, 0.2) is 0 Å². The molecule has 1 heterocycles. The average molecular weight is 458 g/mol. The van der Waals surface area contributed by atoms with E-state index in [4.69, 9.17) is 16.6 Å². The number of hydrogen-bond acceptors (Lipinski definition) is 8. The summed E-state index contributed by atoms with van der Waals surface area (Å²) in [5.74, 6) is -3.06. The zero-order valence-corrected chi connectivity index (χ0v) is 18.2. The van der Waals surface area contributed by atoms with Gasteiger partial charge < -0.3 is 37.5 Å². The minimum absolute atomic E-state index is 0.0307. The Balaban J connectivity index is 2.73. The number of carboxylic acid groups (broad SMARTS) is 1. The largest absolute Gasteiger partial charge is 0.480 e. The number of thiol groups is 1. The van der Waals surface area contributed by atoms with Gasteiger partial charge in [0.1, 0.15) is 18.1 Å². The first kappa shape index (κ1) is 26.4. The molecule has 31 heavy (non-hydrogen) atoms. The Morgan fingerprint density at radius 3 is 2.32 bits per heavy atom. The summed E-state index contributed by atoms with van der Waals surface area (Å²) < 4.78 is 0. The Morgan fingerprint density at radius 1 is 1.13 bits per heavy atom. The molecule has 0 fully saturated rings. The summed E-state index contributed by atoms with van der Waals surface area (Å²) in [4.78, 5) is 55.2. The van der Waals surface area contributed by atoms with Crippen LogP contribution in [0.25, 0.3) is 0 Å². The van der Waals surface area contributed by atoms with Crippen molar-refractivity contribution in [3.8, 4) is 0 Å². The fraction of sp³-hybridized carbons (Fsp3) is 0.611. The number of unbranched alkanes of at least 4 members (excludes halogenated alkanes) is 1. The summed E-state index contributed by atoms with van der Waals surface area (Å²) in [6, 6.07) is -4.07. The fourth-order valence-corrected chi connectivity index (χ4v) is 2.87. The van der Waals surface area contributed by atoms with E-state index >= 15 is 0 Å². The van der Waals surface area contributed by atoms with E-state index in [1.165, 1.54) is 13.3 Å². The molecule has 3 amide bonds. The van der Waals surface area contributed by atoms with Crippen LogP contribution in [0.4, 0.5) is 0 Å². The molecule has 0 aliphatic carbocycles. The summed E-state index contributed by atoms with van der Waals surface area (Å²) in [7, 11) is 0. The van der Waals surface area contributed by atoms with Crippen LogP contribution < -0.4 is 27.4 Å². The van der Waals surface area contributed by atoms with Gasteiger partial charge >= 0.3 is 5.97 Å². The number of imidazole rings is 1. The first-order valence-corrected chi connectivity index (χ1v) is 10.5. The van der Waals surface area contributed by atoms with Gasteiger partial charge in [0.05, 0.1) is 12.4 Å². The predicted molar refractivity (Wildman–Crippen MR) is 116 cm³/mol. The zero-order chi connectivity index (χ0) is 23.4. The number of carbonyl (C=O) groups excluding carboxylic acids is 3. The number of aliphatic carboxylic acids is 1. The molecular weight excluding hydrogens is 426 g/mol. The monoisotopic (exact) mass is 457 g/mol. The maximum absolute atomic E-state index is 12.7. The van der Waals surface area contributed by atoms with Crippen LogP contribution in [-0.2, 0) is 25.6 Å². The molecule has 0 aromatic carbocycles. The van der Waals surface area contributed by atoms with Crippen LogP contribution in [-0.4, -0.2) is 75.2 Å². The van der Waals surface area contributed by atoms with Crippen molar-refractivity contribution >= 4 is 36.3 Å². The number of nitrogens with zero attached hydrogens (tertiary/aromatic N) is 1. The molecule has 0 radical (unpaired) electrons. The Labute approximate surface area is 185 Å². The molecule has 1 aromatic heterocycles. The Kier molecular flexibility index (Phi) is 11.6. The van der Waals surface area contributed by atoms with Crippen molar-refractivity contribution in [3.63, 3.8) is 0 Å². The minimum atomic E-state index is -1.20. The molecule has 4 unspecified atom stereocenters. The highest BCUT2D eigenvalue weighted by Gasteiger charge is 2.28. The molecule has 4 atom stereocenters. The number of H-pyrrole nitrogens is 1. The van der Waals surface area contributed by atoms with Gasteiger partial charge in [-0.1, -0.05) is 0 Å². The number of hydrogen-bond donors (Lipinski definition) is 8. The van der Waals surface area contributed by atoms with E-state index in [9.17, 15) is 19.2 Å². The normalized spacial score (nSPS) is 14.7. The van der Waals surface area contributed by atoms with E-state index < -0.39 is 47.9 Å². The number of carboxylic acids is 1. The molecule has 0 saturated carbocycles. The van der Waals surface area contributed by atoms with Crippen molar-refractivity contribution in [1.82, 2.24) is 25.9 Å². The molecule has 0 spiro atoms. The molecule has 9 N–H and O–H groups in total. The van der Waals surface area contributed by atoms with Crippen LogP contribution in [0.1, 0.15) is 31.9 Å². The van der Waals surface area contributed by atoms with Gasteiger partial charge in [-0.15, -0.1) is 0 Å². The maximum atomic E-state index is 12.7. The van der Waals surface area contributed by atoms with E-state index in [2.05, 4.69) is 38.5 Å². The highest BCUT2D eigenvalue weighted by atomic mass is 32.1. The van der Waals surface area contributed by atoms with Crippen LogP contribution in [0.15, 0.2) is 12.5 Å². The molecule has 12 nitrogen and oxygen atoms in total. The minimum Gasteiger partial charge on any atom is -0.480 e. The summed E-state index contributed by atoms with van der Waals surface area (Å²) >= 11 is 4.10. The second-order valence-electron chi connectivity index (χ2n) is 7.05. The van der Waals surface area contributed by atoms with E-state index in [1.807, 2.05) is 0 Å². The Hall–Kier alpha value is -2.64. The predicted octanol–water partition coefficient (Wildman–Crippen LogP) is -2.10. The van der Waals surface area contributed by atoms with Crippen LogP contribution in [0.3, 0.4) is 0 Å². The lowest BCUT2D eigenvalue weighted by atomic mass is 10.1. The molecule has 0 aliphatic rings.